The van der Waals surface area contributed by atoms with E-state index < -0.39 is 0 Å². The highest BCUT2D eigenvalue weighted by Gasteiger charge is 2.22. The SMILES string of the molecule is CC(C)(C)Cc1ccnc(-c2ccc3c(c2)c2cc(C(C)(C)C)cc4c5ccccc5n3c42)c1. The van der Waals surface area contributed by atoms with Gasteiger partial charge in [0.25, 0.3) is 0 Å². The highest BCUT2D eigenvalue weighted by molar-refractivity contribution is 6.23. The maximum Gasteiger partial charge on any atom is 0.0704 e. The molecule has 0 unspecified atom stereocenters. The van der Waals surface area contributed by atoms with Crippen molar-refractivity contribution in [1.29, 1.82) is 0 Å². The lowest BCUT2D eigenvalue weighted by Crippen LogP contribution is -2.10. The minimum absolute atomic E-state index is 0.0805. The van der Waals surface area contributed by atoms with Crippen LogP contribution in [-0.4, -0.2) is 9.38 Å². The van der Waals surface area contributed by atoms with E-state index in [0.717, 1.165) is 12.1 Å². The first-order valence-corrected chi connectivity index (χ1v) is 12.3. The van der Waals surface area contributed by atoms with Crippen molar-refractivity contribution in [3.05, 3.63) is 84.1 Å². The van der Waals surface area contributed by atoms with Gasteiger partial charge in [0, 0.05) is 33.3 Å². The topological polar surface area (TPSA) is 17.3 Å². The molecule has 2 nitrogen and oxygen atoms in total. The number of hydrogen-bond acceptors (Lipinski definition) is 1. The summed E-state index contributed by atoms with van der Waals surface area (Å²) in [5.74, 6) is 0. The van der Waals surface area contributed by atoms with Crippen molar-refractivity contribution < 1.29 is 0 Å². The van der Waals surface area contributed by atoms with Gasteiger partial charge in [-0.3, -0.25) is 4.98 Å². The van der Waals surface area contributed by atoms with Gasteiger partial charge in [0.05, 0.1) is 22.2 Å². The van der Waals surface area contributed by atoms with E-state index in [0.29, 0.717) is 0 Å². The van der Waals surface area contributed by atoms with E-state index in [4.69, 9.17) is 4.98 Å². The van der Waals surface area contributed by atoms with Gasteiger partial charge < -0.3 is 4.40 Å². The molecule has 0 amide bonds. The van der Waals surface area contributed by atoms with Crippen LogP contribution in [0.1, 0.15) is 52.7 Å². The molecule has 3 heterocycles. The van der Waals surface area contributed by atoms with Gasteiger partial charge in [0.1, 0.15) is 0 Å². The molecule has 2 heteroatoms. The average molecular weight is 445 g/mol. The zero-order valence-corrected chi connectivity index (χ0v) is 21.0. The van der Waals surface area contributed by atoms with Crippen LogP contribution in [0.3, 0.4) is 0 Å². The Morgan fingerprint density at radius 3 is 2.15 bits per heavy atom. The Morgan fingerprint density at radius 1 is 0.706 bits per heavy atom. The standard InChI is InChI=1S/C32H32N2/c1-31(2,3)19-20-13-14-33-27(15-20)21-11-12-29-24(16-21)26-18-22(32(4,5)6)17-25-23-9-7-8-10-28(23)34(29)30(25)26/h7-18H,19H2,1-6H3. The Hall–Kier alpha value is -3.39. The average Bonchev–Trinajstić information content (AvgIpc) is 3.28. The molecule has 170 valence electrons. The fourth-order valence-electron chi connectivity index (χ4n) is 5.45. The van der Waals surface area contributed by atoms with E-state index in [-0.39, 0.29) is 10.8 Å². The highest BCUT2D eigenvalue weighted by atomic mass is 14.9. The fourth-order valence-corrected chi connectivity index (χ4v) is 5.45. The summed E-state index contributed by atoms with van der Waals surface area (Å²) in [5, 5.41) is 5.32. The molecule has 0 atom stereocenters. The maximum atomic E-state index is 4.75. The zero-order chi connectivity index (χ0) is 23.8. The summed E-state index contributed by atoms with van der Waals surface area (Å²) in [6.07, 6.45) is 3.00. The van der Waals surface area contributed by atoms with Gasteiger partial charge >= 0.3 is 0 Å². The van der Waals surface area contributed by atoms with E-state index in [1.54, 1.807) is 0 Å². The van der Waals surface area contributed by atoms with Crippen LogP contribution in [-0.2, 0) is 11.8 Å². The predicted octanol–water partition coefficient (Wildman–Crippen LogP) is 8.78. The van der Waals surface area contributed by atoms with Crippen LogP contribution >= 0.6 is 0 Å². The van der Waals surface area contributed by atoms with Crippen LogP contribution in [0.5, 0.6) is 0 Å². The Balaban J connectivity index is 1.65. The largest absolute Gasteiger partial charge is 0.308 e. The first-order valence-electron chi connectivity index (χ1n) is 12.3. The quantitative estimate of drug-likeness (QED) is 0.261. The number of hydrogen-bond donors (Lipinski definition) is 0. The molecule has 0 aliphatic carbocycles. The lowest BCUT2D eigenvalue weighted by atomic mass is 9.85. The van der Waals surface area contributed by atoms with E-state index in [9.17, 15) is 0 Å². The van der Waals surface area contributed by atoms with Gasteiger partial charge in [0.2, 0.25) is 0 Å². The molecule has 0 fully saturated rings. The molecule has 0 saturated heterocycles. The summed E-state index contributed by atoms with van der Waals surface area (Å²) < 4.78 is 2.45. The molecule has 6 aromatic rings. The Labute approximate surface area is 201 Å². The first-order chi connectivity index (χ1) is 16.1. The molecule has 0 saturated carbocycles. The van der Waals surface area contributed by atoms with Crippen LogP contribution in [0.15, 0.2) is 72.9 Å². The summed E-state index contributed by atoms with van der Waals surface area (Å²) in [4.78, 5) is 4.75. The third-order valence-electron chi connectivity index (χ3n) is 7.02. The lowest BCUT2D eigenvalue weighted by Gasteiger charge is -2.19. The summed E-state index contributed by atoms with van der Waals surface area (Å²) >= 11 is 0. The summed E-state index contributed by atoms with van der Waals surface area (Å²) in [7, 11) is 0. The number of pyridine rings is 1. The number of para-hydroxylation sites is 1. The third kappa shape index (κ3) is 3.27. The van der Waals surface area contributed by atoms with Crippen molar-refractivity contribution in [2.75, 3.05) is 0 Å². The molecule has 0 bridgehead atoms. The predicted molar refractivity (Wildman–Crippen MR) is 146 cm³/mol. The second-order valence-corrected chi connectivity index (χ2v) is 12.0. The maximum absolute atomic E-state index is 4.75. The van der Waals surface area contributed by atoms with E-state index in [2.05, 4.69) is 113 Å². The molecular formula is C32H32N2. The van der Waals surface area contributed by atoms with Crippen LogP contribution in [0.4, 0.5) is 0 Å². The molecule has 6 rings (SSSR count). The normalized spacial score (nSPS) is 13.1. The Morgan fingerprint density at radius 2 is 1.41 bits per heavy atom. The van der Waals surface area contributed by atoms with Crippen molar-refractivity contribution in [2.24, 2.45) is 5.41 Å². The third-order valence-corrected chi connectivity index (χ3v) is 7.02. The summed E-state index contributed by atoms with van der Waals surface area (Å²) in [5.41, 5.74) is 9.15. The second kappa shape index (κ2) is 7.06. The molecule has 0 aliphatic rings. The van der Waals surface area contributed by atoms with Crippen molar-refractivity contribution in [1.82, 2.24) is 9.38 Å². The van der Waals surface area contributed by atoms with E-state index in [1.807, 2.05) is 6.20 Å². The molecule has 0 aliphatic heterocycles. The van der Waals surface area contributed by atoms with Gasteiger partial charge in [-0.15, -0.1) is 0 Å². The minimum atomic E-state index is 0.0805. The molecular weight excluding hydrogens is 412 g/mol. The number of nitrogens with zero attached hydrogens (tertiary/aromatic N) is 2. The van der Waals surface area contributed by atoms with Gasteiger partial charge in [-0.1, -0.05) is 65.8 Å². The van der Waals surface area contributed by atoms with Gasteiger partial charge in [-0.2, -0.15) is 0 Å². The number of benzene rings is 3. The minimum Gasteiger partial charge on any atom is -0.308 e. The van der Waals surface area contributed by atoms with Gasteiger partial charge in [-0.05, 0) is 70.8 Å². The summed E-state index contributed by atoms with van der Waals surface area (Å²) in [6.45, 7) is 13.8. The van der Waals surface area contributed by atoms with Crippen LogP contribution in [0.2, 0.25) is 0 Å². The summed E-state index contributed by atoms with van der Waals surface area (Å²) in [6, 6.07) is 24.9. The van der Waals surface area contributed by atoms with Crippen molar-refractivity contribution >= 4 is 38.1 Å². The number of fused-ring (bicyclic) bond motifs is 6. The molecule has 0 spiro atoms. The molecule has 3 aromatic carbocycles. The fraction of sp³-hybridized carbons (Fsp3) is 0.281. The van der Waals surface area contributed by atoms with Crippen LogP contribution < -0.4 is 0 Å². The monoisotopic (exact) mass is 444 g/mol. The first kappa shape index (κ1) is 21.2. The van der Waals surface area contributed by atoms with E-state index in [1.165, 1.54) is 54.8 Å². The number of rotatable bonds is 2. The molecule has 0 radical (unpaired) electrons. The lowest BCUT2D eigenvalue weighted by molar-refractivity contribution is 0.411. The van der Waals surface area contributed by atoms with Crippen LogP contribution in [0, 0.1) is 5.41 Å². The smallest absolute Gasteiger partial charge is 0.0704 e. The number of aromatic nitrogens is 2. The van der Waals surface area contributed by atoms with Crippen LogP contribution in [0.25, 0.3) is 49.4 Å². The van der Waals surface area contributed by atoms with Crippen molar-refractivity contribution in [3.63, 3.8) is 0 Å². The molecule has 34 heavy (non-hydrogen) atoms. The van der Waals surface area contributed by atoms with Crippen molar-refractivity contribution in [2.45, 2.75) is 53.4 Å². The Bertz CT molecular complexity index is 1690. The van der Waals surface area contributed by atoms with Gasteiger partial charge in [-0.25, -0.2) is 0 Å². The van der Waals surface area contributed by atoms with E-state index >= 15 is 0 Å². The van der Waals surface area contributed by atoms with Crippen molar-refractivity contribution in [3.8, 4) is 11.3 Å². The second-order valence-electron chi connectivity index (χ2n) is 12.0. The Kier molecular flexibility index (Phi) is 4.39. The van der Waals surface area contributed by atoms with Gasteiger partial charge in [0.15, 0.2) is 0 Å². The zero-order valence-electron chi connectivity index (χ0n) is 21.0. The highest BCUT2D eigenvalue weighted by Crippen LogP contribution is 2.42. The molecule has 0 N–H and O–H groups in total. The molecule has 3 aromatic heterocycles.